The molecule has 0 spiro atoms. The van der Waals surface area contributed by atoms with Gasteiger partial charge in [0.15, 0.2) is 0 Å². The van der Waals surface area contributed by atoms with E-state index >= 15 is 0 Å². The minimum atomic E-state index is -0.619. The van der Waals surface area contributed by atoms with Crippen molar-refractivity contribution in [3.05, 3.63) is 42.1 Å². The number of hydrogen-bond donors (Lipinski definition) is 2. The van der Waals surface area contributed by atoms with Gasteiger partial charge in [0, 0.05) is 5.56 Å². The molecule has 5 heteroatoms. The van der Waals surface area contributed by atoms with Crippen LogP contribution < -0.4 is 11.5 Å². The summed E-state index contributed by atoms with van der Waals surface area (Å²) in [4.78, 5) is 18.8. The summed E-state index contributed by atoms with van der Waals surface area (Å²) in [5, 5.41) is 0. The average molecular weight is 214 g/mol. The monoisotopic (exact) mass is 214 g/mol. The van der Waals surface area contributed by atoms with Crippen LogP contribution in [0, 0.1) is 0 Å². The van der Waals surface area contributed by atoms with Gasteiger partial charge in [-0.1, -0.05) is 30.3 Å². The van der Waals surface area contributed by atoms with E-state index in [0.717, 1.165) is 5.56 Å². The lowest BCUT2D eigenvalue weighted by Gasteiger charge is -2.03. The lowest BCUT2D eigenvalue weighted by molar-refractivity contribution is 0.0995. The lowest BCUT2D eigenvalue weighted by atomic mass is 10.1. The van der Waals surface area contributed by atoms with E-state index in [1.807, 2.05) is 30.3 Å². The Morgan fingerprint density at radius 2 is 1.81 bits per heavy atom. The summed E-state index contributed by atoms with van der Waals surface area (Å²) in [5.41, 5.74) is 12.2. The Hall–Kier alpha value is -2.43. The summed E-state index contributed by atoms with van der Waals surface area (Å²) in [6.45, 7) is 0. The molecule has 2 rings (SSSR count). The summed E-state index contributed by atoms with van der Waals surface area (Å²) in [5.74, 6) is -0.582. The zero-order chi connectivity index (χ0) is 11.5. The Labute approximate surface area is 92.1 Å². The van der Waals surface area contributed by atoms with Crippen molar-refractivity contribution in [2.45, 2.75) is 0 Å². The number of aromatic nitrogens is 2. The quantitative estimate of drug-likeness (QED) is 0.773. The van der Waals surface area contributed by atoms with Gasteiger partial charge in [-0.2, -0.15) is 0 Å². The highest BCUT2D eigenvalue weighted by Gasteiger charge is 2.08. The lowest BCUT2D eigenvalue weighted by Crippen LogP contribution is -2.15. The van der Waals surface area contributed by atoms with E-state index in [1.54, 1.807) is 0 Å². The van der Waals surface area contributed by atoms with Crippen molar-refractivity contribution >= 4 is 11.9 Å². The van der Waals surface area contributed by atoms with E-state index in [2.05, 4.69) is 9.97 Å². The Morgan fingerprint density at radius 1 is 1.12 bits per heavy atom. The van der Waals surface area contributed by atoms with Gasteiger partial charge in [-0.05, 0) is 6.07 Å². The number of primary amides is 1. The second-order valence-electron chi connectivity index (χ2n) is 3.23. The maximum Gasteiger partial charge on any atom is 0.267 e. The molecule has 0 saturated carbocycles. The number of nitrogen functional groups attached to an aromatic ring is 1. The van der Waals surface area contributed by atoms with Crippen LogP contribution in [0.1, 0.15) is 10.5 Å². The Bertz CT molecular complexity index is 525. The van der Waals surface area contributed by atoms with Gasteiger partial charge in [-0.3, -0.25) is 4.79 Å². The van der Waals surface area contributed by atoms with Crippen LogP contribution in [0.15, 0.2) is 36.4 Å². The first-order valence-corrected chi connectivity index (χ1v) is 4.66. The van der Waals surface area contributed by atoms with Crippen molar-refractivity contribution in [3.63, 3.8) is 0 Å². The normalized spacial score (nSPS) is 10.0. The molecule has 0 bridgehead atoms. The summed E-state index contributed by atoms with van der Waals surface area (Å²) >= 11 is 0. The molecule has 0 aliphatic carbocycles. The molecule has 0 saturated heterocycles. The summed E-state index contributed by atoms with van der Waals surface area (Å²) in [6, 6.07) is 10.9. The van der Waals surface area contributed by atoms with Gasteiger partial charge in [0.25, 0.3) is 5.91 Å². The van der Waals surface area contributed by atoms with E-state index < -0.39 is 5.91 Å². The van der Waals surface area contributed by atoms with Crippen LogP contribution in [-0.4, -0.2) is 15.9 Å². The molecule has 1 aromatic heterocycles. The molecule has 0 aliphatic rings. The third-order valence-corrected chi connectivity index (χ3v) is 2.07. The molecule has 0 radical (unpaired) electrons. The fourth-order valence-corrected chi connectivity index (χ4v) is 1.35. The second-order valence-corrected chi connectivity index (χ2v) is 3.23. The number of nitrogens with zero attached hydrogens (tertiary/aromatic N) is 2. The number of amides is 1. The average Bonchev–Trinajstić information content (AvgIpc) is 2.29. The molecule has 2 aromatic rings. The van der Waals surface area contributed by atoms with Crippen molar-refractivity contribution < 1.29 is 4.79 Å². The van der Waals surface area contributed by atoms with Gasteiger partial charge in [-0.15, -0.1) is 0 Å². The standard InChI is InChI=1S/C11H10N4O/c12-10(16)9-6-8(14-11(13)15-9)7-4-2-1-3-5-7/h1-6H,(H2,12,16)(H2,13,14,15). The molecular formula is C11H10N4O. The highest BCUT2D eigenvalue weighted by molar-refractivity contribution is 5.92. The Kier molecular flexibility index (Phi) is 2.51. The molecule has 4 N–H and O–H groups in total. The topological polar surface area (TPSA) is 94.9 Å². The van der Waals surface area contributed by atoms with Crippen molar-refractivity contribution in [2.75, 3.05) is 5.73 Å². The predicted molar refractivity (Wildman–Crippen MR) is 60.4 cm³/mol. The van der Waals surface area contributed by atoms with Gasteiger partial charge in [0.2, 0.25) is 5.95 Å². The second kappa shape index (κ2) is 3.98. The number of benzene rings is 1. The molecule has 1 amide bonds. The van der Waals surface area contributed by atoms with Crippen molar-refractivity contribution in [1.82, 2.24) is 9.97 Å². The third kappa shape index (κ3) is 1.98. The maximum atomic E-state index is 11.0. The molecule has 5 nitrogen and oxygen atoms in total. The largest absolute Gasteiger partial charge is 0.368 e. The summed E-state index contributed by atoms with van der Waals surface area (Å²) < 4.78 is 0. The van der Waals surface area contributed by atoms with Crippen LogP contribution in [0.25, 0.3) is 11.3 Å². The van der Waals surface area contributed by atoms with E-state index in [1.165, 1.54) is 6.07 Å². The first-order valence-electron chi connectivity index (χ1n) is 4.66. The maximum absolute atomic E-state index is 11.0. The SMILES string of the molecule is NC(=O)c1cc(-c2ccccc2)nc(N)n1. The predicted octanol–water partition coefficient (Wildman–Crippen LogP) is 0.825. The smallest absolute Gasteiger partial charge is 0.267 e. The fraction of sp³-hybridized carbons (Fsp3) is 0. The minimum absolute atomic E-state index is 0.0372. The van der Waals surface area contributed by atoms with Crippen LogP contribution >= 0.6 is 0 Å². The number of rotatable bonds is 2. The van der Waals surface area contributed by atoms with Gasteiger partial charge in [0.1, 0.15) is 5.69 Å². The third-order valence-electron chi connectivity index (χ3n) is 2.07. The highest BCUT2D eigenvalue weighted by atomic mass is 16.1. The number of anilines is 1. The Balaban J connectivity index is 2.54. The van der Waals surface area contributed by atoms with Crippen molar-refractivity contribution in [3.8, 4) is 11.3 Å². The fourth-order valence-electron chi connectivity index (χ4n) is 1.35. The molecule has 0 unspecified atom stereocenters. The van der Waals surface area contributed by atoms with Gasteiger partial charge in [-0.25, -0.2) is 9.97 Å². The van der Waals surface area contributed by atoms with Crippen molar-refractivity contribution in [2.24, 2.45) is 5.73 Å². The number of nitrogens with two attached hydrogens (primary N) is 2. The summed E-state index contributed by atoms with van der Waals surface area (Å²) in [6.07, 6.45) is 0. The van der Waals surface area contributed by atoms with Crippen LogP contribution in [0.2, 0.25) is 0 Å². The molecule has 1 heterocycles. The van der Waals surface area contributed by atoms with Crippen LogP contribution in [0.5, 0.6) is 0 Å². The van der Waals surface area contributed by atoms with E-state index in [-0.39, 0.29) is 11.6 Å². The zero-order valence-electron chi connectivity index (χ0n) is 8.42. The van der Waals surface area contributed by atoms with Crippen LogP contribution in [0.4, 0.5) is 5.95 Å². The molecule has 0 aliphatic heterocycles. The number of carbonyl (C=O) groups is 1. The van der Waals surface area contributed by atoms with Gasteiger partial charge in [0.05, 0.1) is 5.69 Å². The van der Waals surface area contributed by atoms with Crippen LogP contribution in [-0.2, 0) is 0 Å². The molecular weight excluding hydrogens is 204 g/mol. The molecule has 0 atom stereocenters. The minimum Gasteiger partial charge on any atom is -0.368 e. The van der Waals surface area contributed by atoms with E-state index in [4.69, 9.17) is 11.5 Å². The Morgan fingerprint density at radius 3 is 2.44 bits per heavy atom. The molecule has 0 fully saturated rings. The summed E-state index contributed by atoms with van der Waals surface area (Å²) in [7, 11) is 0. The van der Waals surface area contributed by atoms with Gasteiger partial charge < -0.3 is 11.5 Å². The first kappa shape index (κ1) is 10.1. The van der Waals surface area contributed by atoms with Gasteiger partial charge >= 0.3 is 0 Å². The molecule has 16 heavy (non-hydrogen) atoms. The molecule has 1 aromatic carbocycles. The van der Waals surface area contributed by atoms with Crippen LogP contribution in [0.3, 0.4) is 0 Å². The van der Waals surface area contributed by atoms with Crippen molar-refractivity contribution in [1.29, 1.82) is 0 Å². The van der Waals surface area contributed by atoms with E-state index in [9.17, 15) is 4.79 Å². The molecule has 80 valence electrons. The van der Waals surface area contributed by atoms with E-state index in [0.29, 0.717) is 5.69 Å². The highest BCUT2D eigenvalue weighted by Crippen LogP contribution is 2.17. The zero-order valence-corrected chi connectivity index (χ0v) is 8.42. The number of hydrogen-bond acceptors (Lipinski definition) is 4. The number of carbonyl (C=O) groups excluding carboxylic acids is 1. The first-order chi connectivity index (χ1) is 7.66.